The lowest BCUT2D eigenvalue weighted by Crippen LogP contribution is -2.52. The molecule has 0 radical (unpaired) electrons. The third-order valence-corrected chi connectivity index (χ3v) is 6.46. The maximum Gasteiger partial charge on any atom is 0.236 e. The molecule has 3 fully saturated rings. The molecule has 3 rings (SSSR count). The van der Waals surface area contributed by atoms with Crippen LogP contribution in [0.5, 0.6) is 0 Å². The topological polar surface area (TPSA) is 43.9 Å². The summed E-state index contributed by atoms with van der Waals surface area (Å²) in [6.07, 6.45) is 9.39. The van der Waals surface area contributed by atoms with Crippen molar-refractivity contribution >= 4 is 11.8 Å². The first-order valence-electron chi connectivity index (χ1n) is 10.4. The summed E-state index contributed by atoms with van der Waals surface area (Å²) in [7, 11) is 0. The molecule has 1 aliphatic carbocycles. The lowest BCUT2D eigenvalue weighted by molar-refractivity contribution is -0.136. The van der Waals surface area contributed by atoms with E-state index in [2.05, 4.69) is 11.8 Å². The molecule has 5 heteroatoms. The molecule has 0 N–H and O–H groups in total. The molecule has 2 aliphatic heterocycles. The number of piperidine rings is 1. The second-order valence-electron chi connectivity index (χ2n) is 8.41. The fourth-order valence-electron chi connectivity index (χ4n) is 4.49. The number of hydrogen-bond donors (Lipinski definition) is 0. The molecule has 2 amide bonds. The largest absolute Gasteiger partial charge is 0.342 e. The Kier molecular flexibility index (Phi) is 6.74. The Morgan fingerprint density at radius 1 is 0.800 bits per heavy atom. The van der Waals surface area contributed by atoms with Gasteiger partial charge in [0.25, 0.3) is 0 Å². The fraction of sp³-hybridized carbons (Fsp3) is 0.900. The van der Waals surface area contributed by atoms with E-state index in [1.54, 1.807) is 0 Å². The summed E-state index contributed by atoms with van der Waals surface area (Å²) in [4.78, 5) is 31.1. The van der Waals surface area contributed by atoms with Crippen LogP contribution in [-0.4, -0.2) is 72.3 Å². The van der Waals surface area contributed by atoms with Crippen LogP contribution in [0.4, 0.5) is 0 Å². The molecule has 0 aromatic heterocycles. The van der Waals surface area contributed by atoms with Gasteiger partial charge in [-0.15, -0.1) is 0 Å². The highest BCUT2D eigenvalue weighted by atomic mass is 16.2. The van der Waals surface area contributed by atoms with E-state index in [4.69, 9.17) is 0 Å². The van der Waals surface area contributed by atoms with E-state index in [0.717, 1.165) is 76.8 Å². The van der Waals surface area contributed by atoms with Gasteiger partial charge >= 0.3 is 0 Å². The predicted molar refractivity (Wildman–Crippen MR) is 99.2 cm³/mol. The number of carbonyl (C=O) groups is 2. The molecule has 0 aromatic rings. The van der Waals surface area contributed by atoms with Crippen LogP contribution in [0.3, 0.4) is 0 Å². The Bertz CT molecular complexity index is 446. The van der Waals surface area contributed by atoms with E-state index in [-0.39, 0.29) is 5.91 Å². The van der Waals surface area contributed by atoms with Gasteiger partial charge in [0, 0.05) is 45.7 Å². The van der Waals surface area contributed by atoms with Crippen molar-refractivity contribution in [2.24, 2.45) is 11.8 Å². The zero-order valence-electron chi connectivity index (χ0n) is 15.9. The van der Waals surface area contributed by atoms with Crippen molar-refractivity contribution in [3.8, 4) is 0 Å². The van der Waals surface area contributed by atoms with Gasteiger partial charge in [-0.05, 0) is 31.1 Å². The summed E-state index contributed by atoms with van der Waals surface area (Å²) >= 11 is 0. The minimum Gasteiger partial charge on any atom is -0.342 e. The van der Waals surface area contributed by atoms with E-state index in [1.807, 2.05) is 9.80 Å². The standard InChI is InChI=1S/C20H35N3O2/c1-17-8-10-22(11-9-17)20(25)16-21-12-14-23(15-13-21)19(24)7-6-18-4-2-3-5-18/h17-18H,2-16H2,1H3. The summed E-state index contributed by atoms with van der Waals surface area (Å²) in [5.74, 6) is 2.13. The highest BCUT2D eigenvalue weighted by Crippen LogP contribution is 2.28. The summed E-state index contributed by atoms with van der Waals surface area (Å²) < 4.78 is 0. The van der Waals surface area contributed by atoms with Gasteiger partial charge < -0.3 is 9.80 Å². The van der Waals surface area contributed by atoms with Crippen molar-refractivity contribution in [1.29, 1.82) is 0 Å². The van der Waals surface area contributed by atoms with E-state index in [0.29, 0.717) is 12.5 Å². The van der Waals surface area contributed by atoms with Gasteiger partial charge in [0.05, 0.1) is 6.54 Å². The molecule has 25 heavy (non-hydrogen) atoms. The van der Waals surface area contributed by atoms with Crippen LogP contribution in [0.15, 0.2) is 0 Å². The van der Waals surface area contributed by atoms with Gasteiger partial charge in [0.15, 0.2) is 0 Å². The zero-order valence-corrected chi connectivity index (χ0v) is 15.9. The molecule has 1 saturated carbocycles. The molecule has 2 saturated heterocycles. The Hall–Kier alpha value is -1.10. The van der Waals surface area contributed by atoms with Gasteiger partial charge in [-0.1, -0.05) is 32.6 Å². The number of hydrogen-bond acceptors (Lipinski definition) is 3. The van der Waals surface area contributed by atoms with Crippen LogP contribution in [0.2, 0.25) is 0 Å². The van der Waals surface area contributed by atoms with Gasteiger partial charge in [0.2, 0.25) is 11.8 Å². The Balaban J connectivity index is 1.33. The molecule has 3 aliphatic rings. The molecule has 2 heterocycles. The number of piperazine rings is 1. The summed E-state index contributed by atoms with van der Waals surface area (Å²) in [5.41, 5.74) is 0. The molecule has 0 aromatic carbocycles. The Morgan fingerprint density at radius 2 is 1.40 bits per heavy atom. The molecule has 0 atom stereocenters. The van der Waals surface area contributed by atoms with Crippen LogP contribution in [-0.2, 0) is 9.59 Å². The first kappa shape index (κ1) is 18.7. The monoisotopic (exact) mass is 349 g/mol. The van der Waals surface area contributed by atoms with Crippen LogP contribution in [0.1, 0.15) is 58.3 Å². The van der Waals surface area contributed by atoms with E-state index in [9.17, 15) is 9.59 Å². The molecule has 5 nitrogen and oxygen atoms in total. The smallest absolute Gasteiger partial charge is 0.236 e. The van der Waals surface area contributed by atoms with E-state index >= 15 is 0 Å². The highest BCUT2D eigenvalue weighted by Gasteiger charge is 2.26. The van der Waals surface area contributed by atoms with E-state index < -0.39 is 0 Å². The van der Waals surface area contributed by atoms with Crippen molar-refractivity contribution in [2.45, 2.75) is 58.3 Å². The molecular weight excluding hydrogens is 314 g/mol. The van der Waals surface area contributed by atoms with Gasteiger partial charge in [-0.25, -0.2) is 0 Å². The number of rotatable bonds is 5. The molecule has 0 spiro atoms. The molecular formula is C20H35N3O2. The van der Waals surface area contributed by atoms with Crippen molar-refractivity contribution in [1.82, 2.24) is 14.7 Å². The van der Waals surface area contributed by atoms with Gasteiger partial charge in [-0.2, -0.15) is 0 Å². The Morgan fingerprint density at radius 3 is 2.04 bits per heavy atom. The number of amides is 2. The first-order chi connectivity index (χ1) is 12.1. The third kappa shape index (κ3) is 5.44. The average molecular weight is 350 g/mol. The van der Waals surface area contributed by atoms with E-state index in [1.165, 1.54) is 25.7 Å². The zero-order chi connectivity index (χ0) is 17.6. The minimum atomic E-state index is 0.271. The lowest BCUT2D eigenvalue weighted by atomic mass is 9.99. The van der Waals surface area contributed by atoms with Crippen molar-refractivity contribution in [3.05, 3.63) is 0 Å². The summed E-state index contributed by atoms with van der Waals surface area (Å²) in [6, 6.07) is 0. The molecule has 0 bridgehead atoms. The Labute approximate surface area is 152 Å². The highest BCUT2D eigenvalue weighted by molar-refractivity contribution is 5.78. The predicted octanol–water partition coefficient (Wildman–Crippen LogP) is 2.36. The van der Waals surface area contributed by atoms with Crippen LogP contribution in [0, 0.1) is 11.8 Å². The summed E-state index contributed by atoms with van der Waals surface area (Å²) in [5, 5.41) is 0. The maximum absolute atomic E-state index is 12.4. The third-order valence-electron chi connectivity index (χ3n) is 6.46. The summed E-state index contributed by atoms with van der Waals surface area (Å²) in [6.45, 7) is 7.88. The quantitative estimate of drug-likeness (QED) is 0.765. The average Bonchev–Trinajstić information content (AvgIpc) is 3.14. The van der Waals surface area contributed by atoms with Crippen LogP contribution >= 0.6 is 0 Å². The van der Waals surface area contributed by atoms with Crippen LogP contribution in [0.25, 0.3) is 0 Å². The maximum atomic E-state index is 12.4. The van der Waals surface area contributed by atoms with Gasteiger partial charge in [-0.3, -0.25) is 14.5 Å². The number of carbonyl (C=O) groups excluding carboxylic acids is 2. The van der Waals surface area contributed by atoms with Crippen molar-refractivity contribution in [3.63, 3.8) is 0 Å². The lowest BCUT2D eigenvalue weighted by Gasteiger charge is -2.36. The number of nitrogens with zero attached hydrogens (tertiary/aromatic N) is 3. The second-order valence-corrected chi connectivity index (χ2v) is 8.41. The minimum absolute atomic E-state index is 0.271. The molecule has 142 valence electrons. The second kappa shape index (κ2) is 9.02. The number of likely N-dealkylation sites (tertiary alicyclic amines) is 1. The normalized spacial score (nSPS) is 24.0. The fourth-order valence-corrected chi connectivity index (χ4v) is 4.49. The first-order valence-corrected chi connectivity index (χ1v) is 10.4. The van der Waals surface area contributed by atoms with Crippen molar-refractivity contribution < 1.29 is 9.59 Å². The van der Waals surface area contributed by atoms with Crippen molar-refractivity contribution in [2.75, 3.05) is 45.8 Å². The molecule has 0 unspecified atom stereocenters. The van der Waals surface area contributed by atoms with Crippen LogP contribution < -0.4 is 0 Å². The van der Waals surface area contributed by atoms with Gasteiger partial charge in [0.1, 0.15) is 0 Å². The SMILES string of the molecule is CC1CCN(C(=O)CN2CCN(C(=O)CCC3CCCC3)CC2)CC1.